The van der Waals surface area contributed by atoms with Crippen LogP contribution in [0.2, 0.25) is 0 Å². The van der Waals surface area contributed by atoms with E-state index in [0.717, 1.165) is 22.0 Å². The Bertz CT molecular complexity index is 1160. The van der Waals surface area contributed by atoms with E-state index >= 15 is 0 Å². The Kier molecular flexibility index (Phi) is 4.90. The third kappa shape index (κ3) is 3.65. The van der Waals surface area contributed by atoms with Crippen molar-refractivity contribution in [3.8, 4) is 0 Å². The molecule has 0 aliphatic rings. The van der Waals surface area contributed by atoms with Crippen LogP contribution in [0.3, 0.4) is 0 Å². The summed E-state index contributed by atoms with van der Waals surface area (Å²) in [5.74, 6) is 0.0896. The molecule has 0 unspecified atom stereocenters. The molecule has 0 fully saturated rings. The molecule has 0 amide bonds. The van der Waals surface area contributed by atoms with Gasteiger partial charge in [-0.2, -0.15) is 0 Å². The van der Waals surface area contributed by atoms with Gasteiger partial charge in [-0.15, -0.1) is 0 Å². The summed E-state index contributed by atoms with van der Waals surface area (Å²) in [5, 5.41) is 0.875. The zero-order valence-corrected chi connectivity index (χ0v) is 15.8. The first-order valence-corrected chi connectivity index (χ1v) is 9.37. The van der Waals surface area contributed by atoms with E-state index in [1.54, 1.807) is 0 Å². The minimum atomic E-state index is -0.0262. The van der Waals surface area contributed by atoms with Gasteiger partial charge < -0.3 is 4.57 Å². The van der Waals surface area contributed by atoms with Crippen LogP contribution in [0.25, 0.3) is 10.9 Å². The van der Waals surface area contributed by atoms with Crippen molar-refractivity contribution in [2.75, 3.05) is 0 Å². The van der Waals surface area contributed by atoms with Gasteiger partial charge in [0, 0.05) is 34.6 Å². The van der Waals surface area contributed by atoms with Crippen molar-refractivity contribution in [1.29, 1.82) is 0 Å². The van der Waals surface area contributed by atoms with Gasteiger partial charge in [-0.25, -0.2) is 0 Å². The summed E-state index contributed by atoms with van der Waals surface area (Å²) in [4.78, 5) is 25.7. The summed E-state index contributed by atoms with van der Waals surface area (Å²) in [6.45, 7) is 2.27. The number of aryl methyl sites for hydroxylation is 1. The Morgan fingerprint density at radius 3 is 2.39 bits per heavy atom. The van der Waals surface area contributed by atoms with Gasteiger partial charge in [-0.05, 0) is 18.6 Å². The first-order chi connectivity index (χ1) is 13.6. The average Bonchev–Trinajstić information content (AvgIpc) is 3.06. The molecule has 0 N–H and O–H groups in total. The van der Waals surface area contributed by atoms with Gasteiger partial charge in [-0.1, -0.05) is 78.4 Å². The van der Waals surface area contributed by atoms with Crippen molar-refractivity contribution in [3.63, 3.8) is 0 Å². The lowest BCUT2D eigenvalue weighted by molar-refractivity contribution is -0.118. The summed E-state index contributed by atoms with van der Waals surface area (Å²) in [5.41, 5.74) is 4.34. The van der Waals surface area contributed by atoms with Crippen LogP contribution in [-0.2, 0) is 17.8 Å². The van der Waals surface area contributed by atoms with E-state index < -0.39 is 0 Å². The lowest BCUT2D eigenvalue weighted by atomic mass is 10.0. The number of carbonyl (C=O) groups excluding carboxylic acids is 2. The van der Waals surface area contributed by atoms with Crippen molar-refractivity contribution >= 4 is 22.5 Å². The van der Waals surface area contributed by atoms with Crippen LogP contribution in [0.5, 0.6) is 0 Å². The van der Waals surface area contributed by atoms with Crippen LogP contribution in [0.4, 0.5) is 0 Å². The van der Waals surface area contributed by atoms with Crippen molar-refractivity contribution in [2.45, 2.75) is 19.9 Å². The second-order valence-electron chi connectivity index (χ2n) is 7.09. The molecular weight excluding hydrogens is 346 g/mol. The highest BCUT2D eigenvalue weighted by Crippen LogP contribution is 2.24. The number of carbonyl (C=O) groups is 2. The van der Waals surface area contributed by atoms with Crippen molar-refractivity contribution in [2.24, 2.45) is 0 Å². The van der Waals surface area contributed by atoms with E-state index in [-0.39, 0.29) is 18.1 Å². The summed E-state index contributed by atoms with van der Waals surface area (Å²) >= 11 is 0. The molecule has 4 rings (SSSR count). The predicted octanol–water partition coefficient (Wildman–Crippen LogP) is 4.99. The quantitative estimate of drug-likeness (QED) is 0.450. The molecule has 1 heterocycles. The van der Waals surface area contributed by atoms with Crippen LogP contribution in [0.15, 0.2) is 85.1 Å². The largest absolute Gasteiger partial charge is 0.339 e. The third-order valence-electron chi connectivity index (χ3n) is 4.90. The fourth-order valence-corrected chi connectivity index (χ4v) is 3.60. The Labute approximate surface area is 164 Å². The van der Waals surface area contributed by atoms with Gasteiger partial charge in [0.1, 0.15) is 0 Å². The lowest BCUT2D eigenvalue weighted by Gasteiger charge is -2.05. The highest BCUT2D eigenvalue weighted by atomic mass is 16.1. The van der Waals surface area contributed by atoms with Gasteiger partial charge in [0.05, 0.1) is 6.54 Å². The number of rotatable bonds is 6. The molecule has 3 nitrogen and oxygen atoms in total. The first kappa shape index (κ1) is 17.9. The molecule has 0 radical (unpaired) electrons. The number of para-hydroxylation sites is 1. The van der Waals surface area contributed by atoms with E-state index in [0.29, 0.717) is 17.5 Å². The lowest BCUT2D eigenvalue weighted by Crippen LogP contribution is -2.12. The molecule has 0 aliphatic carbocycles. The van der Waals surface area contributed by atoms with E-state index in [1.165, 1.54) is 0 Å². The maximum absolute atomic E-state index is 13.0. The van der Waals surface area contributed by atoms with Crippen LogP contribution in [-0.4, -0.2) is 16.1 Å². The molecule has 0 atom stereocenters. The minimum absolute atomic E-state index is 0.0262. The number of hydrogen-bond acceptors (Lipinski definition) is 2. The van der Waals surface area contributed by atoms with Gasteiger partial charge in [0.15, 0.2) is 11.6 Å². The SMILES string of the molecule is Cc1cccc(CC(=O)Cn2cc(C(=O)c3ccccc3)c3ccccc32)c1. The number of nitrogens with zero attached hydrogens (tertiary/aromatic N) is 1. The molecule has 1 aromatic heterocycles. The highest BCUT2D eigenvalue weighted by Gasteiger charge is 2.17. The van der Waals surface area contributed by atoms with Crippen LogP contribution >= 0.6 is 0 Å². The Balaban J connectivity index is 1.64. The molecule has 0 saturated carbocycles. The van der Waals surface area contributed by atoms with Crippen molar-refractivity contribution in [3.05, 3.63) is 107 Å². The number of Topliss-reactive ketones (excluding diaryl/α,β-unsaturated/α-hetero) is 1. The summed E-state index contributed by atoms with van der Waals surface area (Å²) in [6, 6.07) is 25.0. The minimum Gasteiger partial charge on any atom is -0.339 e. The smallest absolute Gasteiger partial charge is 0.195 e. The Morgan fingerprint density at radius 2 is 1.61 bits per heavy atom. The molecule has 0 bridgehead atoms. The molecule has 4 aromatic rings. The first-order valence-electron chi connectivity index (χ1n) is 9.37. The second kappa shape index (κ2) is 7.65. The number of fused-ring (bicyclic) bond motifs is 1. The molecule has 3 aromatic carbocycles. The second-order valence-corrected chi connectivity index (χ2v) is 7.09. The van der Waals surface area contributed by atoms with E-state index in [9.17, 15) is 9.59 Å². The average molecular weight is 367 g/mol. The summed E-state index contributed by atoms with van der Waals surface area (Å²) in [7, 11) is 0. The van der Waals surface area contributed by atoms with Crippen LogP contribution in [0, 0.1) is 6.92 Å². The van der Waals surface area contributed by atoms with Gasteiger partial charge in [-0.3, -0.25) is 9.59 Å². The van der Waals surface area contributed by atoms with Crippen LogP contribution < -0.4 is 0 Å². The van der Waals surface area contributed by atoms with E-state index in [2.05, 4.69) is 0 Å². The summed E-state index contributed by atoms with van der Waals surface area (Å²) < 4.78 is 1.89. The fourth-order valence-electron chi connectivity index (χ4n) is 3.60. The van der Waals surface area contributed by atoms with Gasteiger partial charge in [0.2, 0.25) is 0 Å². The molecule has 0 saturated heterocycles. The standard InChI is InChI=1S/C25H21NO2/c1-18-8-7-9-19(14-18)15-21(27)16-26-17-23(22-12-5-6-13-24(22)26)25(28)20-10-3-2-4-11-20/h2-14,17H,15-16H2,1H3. The Morgan fingerprint density at radius 1 is 0.857 bits per heavy atom. The van der Waals surface area contributed by atoms with Crippen molar-refractivity contribution < 1.29 is 9.59 Å². The molecule has 0 aliphatic heterocycles. The molecule has 0 spiro atoms. The number of ketones is 2. The predicted molar refractivity (Wildman–Crippen MR) is 112 cm³/mol. The maximum Gasteiger partial charge on any atom is 0.195 e. The summed E-state index contributed by atoms with van der Waals surface area (Å²) in [6.07, 6.45) is 2.20. The molecular formula is C25H21NO2. The zero-order valence-electron chi connectivity index (χ0n) is 15.8. The molecule has 138 valence electrons. The monoisotopic (exact) mass is 367 g/mol. The topological polar surface area (TPSA) is 39.1 Å². The molecule has 28 heavy (non-hydrogen) atoms. The third-order valence-corrected chi connectivity index (χ3v) is 4.90. The van der Waals surface area contributed by atoms with Crippen molar-refractivity contribution in [1.82, 2.24) is 4.57 Å². The maximum atomic E-state index is 13.0. The fraction of sp³-hybridized carbons (Fsp3) is 0.120. The highest BCUT2D eigenvalue weighted by molar-refractivity contribution is 6.16. The van der Waals surface area contributed by atoms with Gasteiger partial charge >= 0.3 is 0 Å². The number of hydrogen-bond donors (Lipinski definition) is 0. The van der Waals surface area contributed by atoms with Crippen LogP contribution in [0.1, 0.15) is 27.0 Å². The molecule has 3 heteroatoms. The normalized spacial score (nSPS) is 10.9. The van der Waals surface area contributed by atoms with E-state index in [4.69, 9.17) is 0 Å². The zero-order chi connectivity index (χ0) is 19.5. The number of benzene rings is 3. The van der Waals surface area contributed by atoms with Gasteiger partial charge in [0.25, 0.3) is 0 Å². The van der Waals surface area contributed by atoms with E-state index in [1.807, 2.05) is 96.6 Å². The number of aromatic nitrogens is 1. The Hall–Kier alpha value is -3.46.